The summed E-state index contributed by atoms with van der Waals surface area (Å²) in [4.78, 5) is 38.6. The summed E-state index contributed by atoms with van der Waals surface area (Å²) in [7, 11) is 1.55. The van der Waals surface area contributed by atoms with E-state index in [2.05, 4.69) is 10.6 Å². The Balaban J connectivity index is 1.56. The summed E-state index contributed by atoms with van der Waals surface area (Å²) >= 11 is 1.26. The Morgan fingerprint density at radius 3 is 2.48 bits per heavy atom. The highest BCUT2D eigenvalue weighted by atomic mass is 32.2. The van der Waals surface area contributed by atoms with E-state index in [1.807, 2.05) is 31.2 Å². The van der Waals surface area contributed by atoms with Gasteiger partial charge in [0.1, 0.15) is 5.75 Å². The Kier molecular flexibility index (Phi) is 7.57. The molecule has 8 heteroatoms. The molecule has 1 saturated heterocycles. The number of hydrogen-bond donors (Lipinski definition) is 2. The number of nitrogens with zero attached hydrogens (tertiary/aromatic N) is 1. The molecule has 3 rings (SSSR count). The van der Waals surface area contributed by atoms with Crippen molar-refractivity contribution in [3.05, 3.63) is 48.0 Å². The van der Waals surface area contributed by atoms with E-state index in [9.17, 15) is 14.4 Å². The van der Waals surface area contributed by atoms with Crippen LogP contribution in [0.4, 0.5) is 17.1 Å². The molecule has 7 nitrogen and oxygen atoms in total. The highest BCUT2D eigenvalue weighted by Crippen LogP contribution is 2.34. The van der Waals surface area contributed by atoms with Crippen LogP contribution in [0, 0.1) is 6.92 Å². The summed E-state index contributed by atoms with van der Waals surface area (Å²) in [6, 6.07) is 12.8. The van der Waals surface area contributed by atoms with Gasteiger partial charge in [-0.3, -0.25) is 14.4 Å². The summed E-state index contributed by atoms with van der Waals surface area (Å²) in [5.74, 6) is 0.428. The van der Waals surface area contributed by atoms with E-state index in [4.69, 9.17) is 4.74 Å². The number of nitrogens with one attached hydrogen (secondary N) is 2. The SMILES string of the molecule is COc1ccc(NC(=O)C(C)SCC(=O)Nc2ccc(C)cc2)cc1N1CCCC1=O. The Morgan fingerprint density at radius 1 is 1.13 bits per heavy atom. The molecule has 0 saturated carbocycles. The third-order valence-corrected chi connectivity index (χ3v) is 6.12. The molecule has 1 heterocycles. The maximum atomic E-state index is 12.6. The molecule has 3 amide bonds. The number of carbonyl (C=O) groups excluding carboxylic acids is 3. The first-order valence-electron chi connectivity index (χ1n) is 10.1. The van der Waals surface area contributed by atoms with Gasteiger partial charge in [-0.2, -0.15) is 0 Å². The van der Waals surface area contributed by atoms with Crippen LogP contribution < -0.4 is 20.3 Å². The number of benzene rings is 2. The molecule has 0 bridgehead atoms. The number of anilines is 3. The lowest BCUT2D eigenvalue weighted by Crippen LogP contribution is -2.26. The van der Waals surface area contributed by atoms with E-state index in [0.29, 0.717) is 30.1 Å². The molecule has 1 atom stereocenters. The molecule has 1 fully saturated rings. The molecule has 1 unspecified atom stereocenters. The number of carbonyl (C=O) groups is 3. The van der Waals surface area contributed by atoms with Crippen molar-refractivity contribution in [1.29, 1.82) is 0 Å². The van der Waals surface area contributed by atoms with Crippen LogP contribution in [0.25, 0.3) is 0 Å². The second-order valence-electron chi connectivity index (χ2n) is 7.39. The average Bonchev–Trinajstić information content (AvgIpc) is 3.19. The van der Waals surface area contributed by atoms with Gasteiger partial charge in [-0.15, -0.1) is 11.8 Å². The minimum Gasteiger partial charge on any atom is -0.495 e. The summed E-state index contributed by atoms with van der Waals surface area (Å²) in [6.07, 6.45) is 1.31. The zero-order chi connectivity index (χ0) is 22.4. The van der Waals surface area contributed by atoms with Crippen molar-refractivity contribution in [3.8, 4) is 5.75 Å². The average molecular weight is 442 g/mol. The molecule has 2 aromatic rings. The van der Waals surface area contributed by atoms with E-state index in [1.54, 1.807) is 37.1 Å². The van der Waals surface area contributed by atoms with Gasteiger partial charge in [0.2, 0.25) is 17.7 Å². The number of thioether (sulfide) groups is 1. The Hall–Kier alpha value is -3.00. The number of aryl methyl sites for hydroxylation is 1. The topological polar surface area (TPSA) is 87.7 Å². The largest absolute Gasteiger partial charge is 0.495 e. The zero-order valence-electron chi connectivity index (χ0n) is 17.9. The first-order chi connectivity index (χ1) is 14.9. The summed E-state index contributed by atoms with van der Waals surface area (Å²) in [5, 5.41) is 5.26. The second kappa shape index (κ2) is 10.3. The molecule has 0 aliphatic carbocycles. The molecule has 31 heavy (non-hydrogen) atoms. The van der Waals surface area contributed by atoms with Gasteiger partial charge in [0.15, 0.2) is 0 Å². The van der Waals surface area contributed by atoms with Gasteiger partial charge in [0.25, 0.3) is 0 Å². The highest BCUT2D eigenvalue weighted by Gasteiger charge is 2.25. The highest BCUT2D eigenvalue weighted by molar-refractivity contribution is 8.01. The summed E-state index contributed by atoms with van der Waals surface area (Å²) < 4.78 is 5.38. The number of methoxy groups -OCH3 is 1. The predicted molar refractivity (Wildman–Crippen MR) is 125 cm³/mol. The minimum absolute atomic E-state index is 0.0466. The zero-order valence-corrected chi connectivity index (χ0v) is 18.8. The van der Waals surface area contributed by atoms with E-state index in [1.165, 1.54) is 11.8 Å². The predicted octanol–water partition coefficient (Wildman–Crippen LogP) is 3.83. The summed E-state index contributed by atoms with van der Waals surface area (Å²) in [6.45, 7) is 4.37. The van der Waals surface area contributed by atoms with Crippen molar-refractivity contribution < 1.29 is 19.1 Å². The van der Waals surface area contributed by atoms with E-state index in [-0.39, 0.29) is 23.5 Å². The Bertz CT molecular complexity index is 962. The first-order valence-corrected chi connectivity index (χ1v) is 11.2. The molecule has 2 aromatic carbocycles. The number of ether oxygens (including phenoxy) is 1. The van der Waals surface area contributed by atoms with Crippen molar-refractivity contribution in [2.45, 2.75) is 31.9 Å². The maximum absolute atomic E-state index is 12.6. The number of rotatable bonds is 8. The van der Waals surface area contributed by atoms with Gasteiger partial charge in [0.05, 0.1) is 23.8 Å². The third-order valence-electron chi connectivity index (χ3n) is 4.98. The van der Waals surface area contributed by atoms with Crippen LogP contribution in [-0.2, 0) is 14.4 Å². The minimum atomic E-state index is -0.428. The first kappa shape index (κ1) is 22.7. The van der Waals surface area contributed by atoms with Crippen LogP contribution in [0.1, 0.15) is 25.3 Å². The molecule has 1 aliphatic rings. The lowest BCUT2D eigenvalue weighted by molar-refractivity contribution is -0.117. The summed E-state index contributed by atoms with van der Waals surface area (Å²) in [5.41, 5.74) is 3.08. The quantitative estimate of drug-likeness (QED) is 0.650. The Morgan fingerprint density at radius 2 is 1.84 bits per heavy atom. The molecule has 0 spiro atoms. The van der Waals surface area contributed by atoms with Crippen molar-refractivity contribution in [1.82, 2.24) is 0 Å². The molecular weight excluding hydrogens is 414 g/mol. The van der Waals surface area contributed by atoms with E-state index in [0.717, 1.165) is 17.7 Å². The fraction of sp³-hybridized carbons (Fsp3) is 0.348. The Labute approximate surface area is 186 Å². The van der Waals surface area contributed by atoms with E-state index < -0.39 is 5.25 Å². The van der Waals surface area contributed by atoms with Crippen molar-refractivity contribution in [3.63, 3.8) is 0 Å². The molecule has 2 N–H and O–H groups in total. The van der Waals surface area contributed by atoms with Gasteiger partial charge in [-0.05, 0) is 50.6 Å². The smallest absolute Gasteiger partial charge is 0.237 e. The third kappa shape index (κ3) is 6.01. The second-order valence-corrected chi connectivity index (χ2v) is 8.72. The lowest BCUT2D eigenvalue weighted by atomic mass is 10.2. The lowest BCUT2D eigenvalue weighted by Gasteiger charge is -2.20. The van der Waals surface area contributed by atoms with Gasteiger partial charge in [-0.25, -0.2) is 0 Å². The normalized spacial score (nSPS) is 14.3. The fourth-order valence-corrected chi connectivity index (χ4v) is 3.92. The van der Waals surface area contributed by atoms with Crippen molar-refractivity contribution >= 4 is 46.5 Å². The maximum Gasteiger partial charge on any atom is 0.237 e. The van der Waals surface area contributed by atoms with Gasteiger partial charge in [-0.1, -0.05) is 17.7 Å². The van der Waals surface area contributed by atoms with Crippen molar-refractivity contribution in [2.75, 3.05) is 34.9 Å². The van der Waals surface area contributed by atoms with Crippen LogP contribution in [0.3, 0.4) is 0 Å². The van der Waals surface area contributed by atoms with Crippen LogP contribution in [-0.4, -0.2) is 42.4 Å². The van der Waals surface area contributed by atoms with Crippen LogP contribution in [0.5, 0.6) is 5.75 Å². The van der Waals surface area contributed by atoms with Gasteiger partial charge < -0.3 is 20.3 Å². The van der Waals surface area contributed by atoms with Crippen LogP contribution >= 0.6 is 11.8 Å². The molecule has 0 aromatic heterocycles. The number of amides is 3. The standard InChI is InChI=1S/C23H27N3O4S/c1-15-6-8-17(9-7-15)24-21(27)14-31-16(2)23(29)25-18-10-11-20(30-3)19(13-18)26-12-4-5-22(26)28/h6-11,13,16H,4-5,12,14H2,1-3H3,(H,24,27)(H,25,29). The number of hydrogen-bond acceptors (Lipinski definition) is 5. The molecule has 0 radical (unpaired) electrons. The van der Waals surface area contributed by atoms with Crippen LogP contribution in [0.15, 0.2) is 42.5 Å². The van der Waals surface area contributed by atoms with Crippen LogP contribution in [0.2, 0.25) is 0 Å². The fourth-order valence-electron chi connectivity index (χ4n) is 3.24. The molecular formula is C23H27N3O4S. The molecule has 1 aliphatic heterocycles. The van der Waals surface area contributed by atoms with Gasteiger partial charge >= 0.3 is 0 Å². The van der Waals surface area contributed by atoms with Gasteiger partial charge in [0, 0.05) is 24.3 Å². The van der Waals surface area contributed by atoms with Crippen molar-refractivity contribution in [2.24, 2.45) is 0 Å². The van der Waals surface area contributed by atoms with E-state index >= 15 is 0 Å². The monoisotopic (exact) mass is 441 g/mol. The molecule has 164 valence electrons.